The fourth-order valence-corrected chi connectivity index (χ4v) is 1.80. The highest BCUT2D eigenvalue weighted by atomic mass is 16.5. The summed E-state index contributed by atoms with van der Waals surface area (Å²) >= 11 is 0. The molecule has 1 aromatic heterocycles. The number of methoxy groups -OCH3 is 1. The van der Waals surface area contributed by atoms with Crippen LogP contribution in [-0.2, 0) is 6.54 Å². The molecule has 1 aromatic carbocycles. The first-order valence-corrected chi connectivity index (χ1v) is 5.70. The van der Waals surface area contributed by atoms with Gasteiger partial charge in [0.2, 0.25) is 0 Å². The summed E-state index contributed by atoms with van der Waals surface area (Å²) in [5.41, 5.74) is 1.15. The van der Waals surface area contributed by atoms with E-state index in [1.54, 1.807) is 13.4 Å². The molecule has 3 heteroatoms. The normalized spacial score (nSPS) is 12.4. The summed E-state index contributed by atoms with van der Waals surface area (Å²) < 4.78 is 10.6. The van der Waals surface area contributed by atoms with Crippen LogP contribution in [0.15, 0.2) is 47.1 Å². The van der Waals surface area contributed by atoms with Crippen LogP contribution in [-0.4, -0.2) is 7.11 Å². The molecular weight excluding hydrogens is 214 g/mol. The summed E-state index contributed by atoms with van der Waals surface area (Å²) in [5, 5.41) is 3.40. The standard InChI is InChI=1S/C14H17NO2/c1-11(15-10-12-6-5-9-17-12)13-7-3-4-8-14(13)16-2/h3-9,11,15H,10H2,1-2H3/t11-/m0/s1. The number of rotatable bonds is 5. The van der Waals surface area contributed by atoms with E-state index in [1.165, 1.54) is 0 Å². The summed E-state index contributed by atoms with van der Waals surface area (Å²) in [6.45, 7) is 2.83. The van der Waals surface area contributed by atoms with Crippen molar-refractivity contribution in [3.63, 3.8) is 0 Å². The molecule has 0 amide bonds. The van der Waals surface area contributed by atoms with Crippen molar-refractivity contribution >= 4 is 0 Å². The molecule has 0 saturated heterocycles. The van der Waals surface area contributed by atoms with Crippen LogP contribution in [0.4, 0.5) is 0 Å². The van der Waals surface area contributed by atoms with Gasteiger partial charge in [-0.25, -0.2) is 0 Å². The lowest BCUT2D eigenvalue weighted by molar-refractivity contribution is 0.398. The number of ether oxygens (including phenoxy) is 1. The molecule has 0 spiro atoms. The van der Waals surface area contributed by atoms with Gasteiger partial charge in [0.25, 0.3) is 0 Å². The molecule has 1 atom stereocenters. The van der Waals surface area contributed by atoms with Gasteiger partial charge in [-0.05, 0) is 25.1 Å². The van der Waals surface area contributed by atoms with Gasteiger partial charge in [0.15, 0.2) is 0 Å². The molecule has 0 aliphatic carbocycles. The number of hydrogen-bond donors (Lipinski definition) is 1. The molecule has 2 rings (SSSR count). The van der Waals surface area contributed by atoms with Gasteiger partial charge in [-0.2, -0.15) is 0 Å². The first-order valence-electron chi connectivity index (χ1n) is 5.70. The number of para-hydroxylation sites is 1. The third kappa shape index (κ3) is 2.88. The minimum atomic E-state index is 0.219. The van der Waals surface area contributed by atoms with Gasteiger partial charge < -0.3 is 14.5 Å². The Labute approximate surface area is 101 Å². The fourth-order valence-electron chi connectivity index (χ4n) is 1.80. The number of benzene rings is 1. The van der Waals surface area contributed by atoms with Gasteiger partial charge in [-0.15, -0.1) is 0 Å². The van der Waals surface area contributed by atoms with Crippen LogP contribution in [0.25, 0.3) is 0 Å². The second-order valence-electron chi connectivity index (χ2n) is 3.92. The van der Waals surface area contributed by atoms with E-state index >= 15 is 0 Å². The Bertz CT molecular complexity index is 451. The summed E-state index contributed by atoms with van der Waals surface area (Å²) in [6.07, 6.45) is 1.69. The summed E-state index contributed by atoms with van der Waals surface area (Å²) in [4.78, 5) is 0. The second kappa shape index (κ2) is 5.55. The zero-order chi connectivity index (χ0) is 12.1. The Morgan fingerprint density at radius 3 is 2.76 bits per heavy atom. The van der Waals surface area contributed by atoms with Crippen molar-refractivity contribution in [3.8, 4) is 5.75 Å². The smallest absolute Gasteiger partial charge is 0.123 e. The first-order chi connectivity index (χ1) is 8.31. The average molecular weight is 231 g/mol. The lowest BCUT2D eigenvalue weighted by Gasteiger charge is -2.16. The monoisotopic (exact) mass is 231 g/mol. The largest absolute Gasteiger partial charge is 0.496 e. The number of hydrogen-bond acceptors (Lipinski definition) is 3. The first kappa shape index (κ1) is 11.7. The van der Waals surface area contributed by atoms with Crippen LogP contribution in [0.2, 0.25) is 0 Å². The Kier molecular flexibility index (Phi) is 3.83. The van der Waals surface area contributed by atoms with E-state index in [0.717, 1.165) is 17.1 Å². The summed E-state index contributed by atoms with van der Waals surface area (Å²) in [7, 11) is 1.69. The van der Waals surface area contributed by atoms with Crippen LogP contribution in [0.5, 0.6) is 5.75 Å². The van der Waals surface area contributed by atoms with Crippen molar-refractivity contribution in [2.24, 2.45) is 0 Å². The molecule has 0 bridgehead atoms. The Morgan fingerprint density at radius 1 is 1.24 bits per heavy atom. The zero-order valence-corrected chi connectivity index (χ0v) is 10.1. The van der Waals surface area contributed by atoms with E-state index in [9.17, 15) is 0 Å². The van der Waals surface area contributed by atoms with Gasteiger partial charge in [-0.1, -0.05) is 18.2 Å². The van der Waals surface area contributed by atoms with Crippen LogP contribution in [0.1, 0.15) is 24.3 Å². The van der Waals surface area contributed by atoms with Crippen LogP contribution >= 0.6 is 0 Å². The molecule has 90 valence electrons. The van der Waals surface area contributed by atoms with Gasteiger partial charge in [-0.3, -0.25) is 0 Å². The number of furan rings is 1. The van der Waals surface area contributed by atoms with Crippen LogP contribution in [0, 0.1) is 0 Å². The lowest BCUT2D eigenvalue weighted by Crippen LogP contribution is -2.18. The lowest BCUT2D eigenvalue weighted by atomic mass is 10.1. The molecule has 0 aliphatic heterocycles. The minimum absolute atomic E-state index is 0.219. The third-order valence-electron chi connectivity index (χ3n) is 2.77. The predicted octanol–water partition coefficient (Wildman–Crippen LogP) is 3.14. The third-order valence-corrected chi connectivity index (χ3v) is 2.77. The number of nitrogens with one attached hydrogen (secondary N) is 1. The van der Waals surface area contributed by atoms with Crippen molar-refractivity contribution < 1.29 is 9.15 Å². The highest BCUT2D eigenvalue weighted by Gasteiger charge is 2.10. The Balaban J connectivity index is 2.01. The molecule has 2 aromatic rings. The molecule has 3 nitrogen and oxygen atoms in total. The highest BCUT2D eigenvalue weighted by Crippen LogP contribution is 2.24. The molecule has 0 aliphatic rings. The van der Waals surface area contributed by atoms with Gasteiger partial charge in [0.05, 0.1) is 19.9 Å². The van der Waals surface area contributed by atoms with Gasteiger partial charge in [0.1, 0.15) is 11.5 Å². The molecule has 0 saturated carbocycles. The van der Waals surface area contributed by atoms with Gasteiger partial charge >= 0.3 is 0 Å². The molecule has 0 fully saturated rings. The van der Waals surface area contributed by atoms with E-state index in [0.29, 0.717) is 6.54 Å². The molecule has 1 N–H and O–H groups in total. The SMILES string of the molecule is COc1ccccc1[C@H](C)NCc1ccco1. The maximum atomic E-state index is 5.34. The van der Waals surface area contributed by atoms with E-state index < -0.39 is 0 Å². The molecule has 0 radical (unpaired) electrons. The summed E-state index contributed by atoms with van der Waals surface area (Å²) in [6, 6.07) is 12.1. The predicted molar refractivity (Wildman–Crippen MR) is 67.0 cm³/mol. The maximum Gasteiger partial charge on any atom is 0.123 e. The van der Waals surface area contributed by atoms with Crippen LogP contribution < -0.4 is 10.1 Å². The molecular formula is C14H17NO2. The van der Waals surface area contributed by atoms with E-state index in [2.05, 4.69) is 18.3 Å². The molecule has 17 heavy (non-hydrogen) atoms. The Morgan fingerprint density at radius 2 is 2.06 bits per heavy atom. The van der Waals surface area contributed by atoms with Crippen molar-refractivity contribution in [2.75, 3.05) is 7.11 Å². The van der Waals surface area contributed by atoms with E-state index in [-0.39, 0.29) is 6.04 Å². The Hall–Kier alpha value is -1.74. The van der Waals surface area contributed by atoms with Crippen molar-refractivity contribution in [2.45, 2.75) is 19.5 Å². The van der Waals surface area contributed by atoms with E-state index in [4.69, 9.17) is 9.15 Å². The molecule has 0 unspecified atom stereocenters. The van der Waals surface area contributed by atoms with E-state index in [1.807, 2.05) is 30.3 Å². The maximum absolute atomic E-state index is 5.34. The van der Waals surface area contributed by atoms with Crippen molar-refractivity contribution in [3.05, 3.63) is 54.0 Å². The quantitative estimate of drug-likeness (QED) is 0.858. The highest BCUT2D eigenvalue weighted by molar-refractivity contribution is 5.35. The summed E-state index contributed by atoms with van der Waals surface area (Å²) in [5.74, 6) is 1.85. The molecule has 1 heterocycles. The van der Waals surface area contributed by atoms with Crippen LogP contribution in [0.3, 0.4) is 0 Å². The van der Waals surface area contributed by atoms with Gasteiger partial charge in [0, 0.05) is 11.6 Å². The second-order valence-corrected chi connectivity index (χ2v) is 3.92. The van der Waals surface area contributed by atoms with Crippen molar-refractivity contribution in [1.29, 1.82) is 0 Å². The average Bonchev–Trinajstić information content (AvgIpc) is 2.89. The zero-order valence-electron chi connectivity index (χ0n) is 10.1. The topological polar surface area (TPSA) is 34.4 Å². The van der Waals surface area contributed by atoms with Crippen molar-refractivity contribution in [1.82, 2.24) is 5.32 Å². The minimum Gasteiger partial charge on any atom is -0.496 e. The fraction of sp³-hybridized carbons (Fsp3) is 0.286.